The number of quaternary nitrogens is 1. The van der Waals surface area contributed by atoms with Crippen LogP contribution in [0.4, 0.5) is 0 Å². The van der Waals surface area contributed by atoms with Gasteiger partial charge >= 0.3 is 0 Å². The zero-order valence-electron chi connectivity index (χ0n) is 16.2. The van der Waals surface area contributed by atoms with Crippen LogP contribution in [0.3, 0.4) is 0 Å². The molecule has 132 valence electrons. The predicted molar refractivity (Wildman–Crippen MR) is 96.8 cm³/mol. The Morgan fingerprint density at radius 2 is 1.73 bits per heavy atom. The molecule has 0 aromatic heterocycles. The first-order chi connectivity index (χ1) is 10.4. The van der Waals surface area contributed by atoms with E-state index in [1.807, 2.05) is 0 Å². The Morgan fingerprint density at radius 1 is 1.05 bits per heavy atom. The minimum Gasteiger partial charge on any atom is -0.328 e. The van der Waals surface area contributed by atoms with E-state index in [0.717, 1.165) is 29.0 Å². The molecule has 0 aliphatic heterocycles. The maximum Gasteiger partial charge on any atom is 0.183 e. The van der Waals surface area contributed by atoms with Crippen molar-refractivity contribution in [2.75, 3.05) is 27.4 Å². The Labute approximate surface area is 140 Å². The number of unbranched alkanes of at least 4 members (excludes halogenated alkanes) is 4. The summed E-state index contributed by atoms with van der Waals surface area (Å²) in [6.45, 7) is 11.5. The molecule has 0 aromatic rings. The average Bonchev–Trinajstić information content (AvgIpc) is 2.44. The summed E-state index contributed by atoms with van der Waals surface area (Å²) < 4.78 is 7.46. The van der Waals surface area contributed by atoms with E-state index in [2.05, 4.69) is 41.8 Å². The molecule has 1 aliphatic rings. The molecule has 0 heterocycles. The van der Waals surface area contributed by atoms with Gasteiger partial charge in [-0.2, -0.15) is 0 Å². The van der Waals surface area contributed by atoms with Crippen LogP contribution in [0.15, 0.2) is 0 Å². The summed E-state index contributed by atoms with van der Waals surface area (Å²) >= 11 is 0. The van der Waals surface area contributed by atoms with Gasteiger partial charge in [-0.3, -0.25) is 0 Å². The lowest BCUT2D eigenvalue weighted by Crippen LogP contribution is -2.45. The number of hydrogen-bond acceptors (Lipinski definition) is 1. The zero-order chi connectivity index (χ0) is 16.6. The summed E-state index contributed by atoms with van der Waals surface area (Å²) in [6.07, 6.45) is 11.3. The molecule has 0 saturated heterocycles. The molecular formula is C20H42NO+. The second kappa shape index (κ2) is 9.93. The van der Waals surface area contributed by atoms with Crippen molar-refractivity contribution < 1.29 is 9.22 Å². The first kappa shape index (κ1) is 20.0. The van der Waals surface area contributed by atoms with E-state index >= 15 is 0 Å². The monoisotopic (exact) mass is 312 g/mol. The fraction of sp³-hybridized carbons (Fsp3) is 1.00. The molecule has 3 atom stereocenters. The van der Waals surface area contributed by atoms with Gasteiger partial charge in [-0.25, -0.2) is 0 Å². The topological polar surface area (TPSA) is 9.23 Å². The van der Waals surface area contributed by atoms with Gasteiger partial charge in [0.15, 0.2) is 6.73 Å². The molecule has 1 aliphatic carbocycles. The Morgan fingerprint density at radius 3 is 2.36 bits per heavy atom. The summed E-state index contributed by atoms with van der Waals surface area (Å²) in [4.78, 5) is 0. The quantitative estimate of drug-likeness (QED) is 0.295. The Hall–Kier alpha value is -0.0800. The highest BCUT2D eigenvalue weighted by Crippen LogP contribution is 2.35. The minimum absolute atomic E-state index is 0.487. The molecule has 2 nitrogen and oxygen atoms in total. The highest BCUT2D eigenvalue weighted by molar-refractivity contribution is 4.81. The molecule has 0 bridgehead atoms. The van der Waals surface area contributed by atoms with E-state index in [0.29, 0.717) is 6.10 Å². The van der Waals surface area contributed by atoms with Gasteiger partial charge < -0.3 is 9.22 Å². The van der Waals surface area contributed by atoms with Crippen LogP contribution >= 0.6 is 0 Å². The lowest BCUT2D eigenvalue weighted by Gasteiger charge is -2.39. The van der Waals surface area contributed by atoms with Crippen LogP contribution < -0.4 is 0 Å². The van der Waals surface area contributed by atoms with Gasteiger partial charge in [-0.05, 0) is 43.4 Å². The van der Waals surface area contributed by atoms with Crippen molar-refractivity contribution in [2.45, 2.75) is 85.2 Å². The molecule has 0 spiro atoms. The van der Waals surface area contributed by atoms with Gasteiger partial charge in [0.25, 0.3) is 0 Å². The van der Waals surface area contributed by atoms with Crippen molar-refractivity contribution >= 4 is 0 Å². The molecule has 1 saturated carbocycles. The SMILES string of the molecule is CCCCCCC[N+](C)(C)COC1C[C@H](C)CCC1C(C)C. The molecular weight excluding hydrogens is 270 g/mol. The summed E-state index contributed by atoms with van der Waals surface area (Å²) in [5.74, 6) is 2.35. The van der Waals surface area contributed by atoms with Crippen LogP contribution in [0.1, 0.15) is 79.1 Å². The van der Waals surface area contributed by atoms with Crippen LogP contribution in [0.5, 0.6) is 0 Å². The van der Waals surface area contributed by atoms with Crippen molar-refractivity contribution in [3.8, 4) is 0 Å². The van der Waals surface area contributed by atoms with Crippen molar-refractivity contribution in [1.82, 2.24) is 0 Å². The maximum absolute atomic E-state index is 6.44. The van der Waals surface area contributed by atoms with E-state index in [1.54, 1.807) is 0 Å². The largest absolute Gasteiger partial charge is 0.328 e. The Kier molecular flexibility index (Phi) is 9.01. The maximum atomic E-state index is 6.44. The normalized spacial score (nSPS) is 26.6. The molecule has 1 fully saturated rings. The predicted octanol–water partition coefficient (Wildman–Crippen LogP) is 5.47. The van der Waals surface area contributed by atoms with E-state index in [4.69, 9.17) is 4.74 Å². The Bertz CT molecular complexity index is 287. The highest BCUT2D eigenvalue weighted by atomic mass is 16.5. The van der Waals surface area contributed by atoms with Gasteiger partial charge in [-0.1, -0.05) is 53.4 Å². The van der Waals surface area contributed by atoms with Crippen molar-refractivity contribution in [1.29, 1.82) is 0 Å². The lowest BCUT2D eigenvalue weighted by atomic mass is 9.75. The second-order valence-corrected chi connectivity index (χ2v) is 8.73. The molecule has 1 rings (SSSR count). The van der Waals surface area contributed by atoms with E-state index in [1.165, 1.54) is 57.9 Å². The van der Waals surface area contributed by atoms with Gasteiger partial charge in [0.1, 0.15) is 0 Å². The lowest BCUT2D eigenvalue weighted by molar-refractivity contribution is -0.911. The van der Waals surface area contributed by atoms with Gasteiger partial charge in [0, 0.05) is 0 Å². The van der Waals surface area contributed by atoms with E-state index < -0.39 is 0 Å². The van der Waals surface area contributed by atoms with E-state index in [-0.39, 0.29) is 0 Å². The van der Waals surface area contributed by atoms with Crippen LogP contribution in [0, 0.1) is 17.8 Å². The smallest absolute Gasteiger partial charge is 0.183 e. The van der Waals surface area contributed by atoms with Gasteiger partial charge in [0.2, 0.25) is 0 Å². The number of hydrogen-bond donors (Lipinski definition) is 0. The third-order valence-corrected chi connectivity index (χ3v) is 5.47. The molecule has 0 aromatic carbocycles. The number of ether oxygens (including phenoxy) is 1. The molecule has 0 amide bonds. The second-order valence-electron chi connectivity index (χ2n) is 8.73. The van der Waals surface area contributed by atoms with Gasteiger partial charge in [-0.15, -0.1) is 0 Å². The fourth-order valence-electron chi connectivity index (χ4n) is 3.81. The van der Waals surface area contributed by atoms with E-state index in [9.17, 15) is 0 Å². The fourth-order valence-corrected chi connectivity index (χ4v) is 3.81. The first-order valence-electron chi connectivity index (χ1n) is 9.79. The van der Waals surface area contributed by atoms with Crippen LogP contribution in [-0.2, 0) is 4.74 Å². The van der Waals surface area contributed by atoms with Crippen molar-refractivity contribution in [3.63, 3.8) is 0 Å². The minimum atomic E-state index is 0.487. The number of nitrogens with zero attached hydrogens (tertiary/aromatic N) is 1. The Balaban J connectivity index is 2.34. The first-order valence-corrected chi connectivity index (χ1v) is 9.79. The van der Waals surface area contributed by atoms with Crippen molar-refractivity contribution in [3.05, 3.63) is 0 Å². The zero-order valence-corrected chi connectivity index (χ0v) is 16.2. The van der Waals surface area contributed by atoms with Crippen LogP contribution in [0.2, 0.25) is 0 Å². The third-order valence-electron chi connectivity index (χ3n) is 5.47. The molecule has 22 heavy (non-hydrogen) atoms. The summed E-state index contributed by atoms with van der Waals surface area (Å²) in [5, 5.41) is 0. The summed E-state index contributed by atoms with van der Waals surface area (Å²) in [6, 6.07) is 0. The van der Waals surface area contributed by atoms with Crippen molar-refractivity contribution in [2.24, 2.45) is 17.8 Å². The average molecular weight is 313 g/mol. The summed E-state index contributed by atoms with van der Waals surface area (Å²) in [5.41, 5.74) is 0. The molecule has 0 radical (unpaired) electrons. The highest BCUT2D eigenvalue weighted by Gasteiger charge is 2.32. The van der Waals surface area contributed by atoms with Crippen LogP contribution in [-0.4, -0.2) is 38.0 Å². The summed E-state index contributed by atoms with van der Waals surface area (Å²) in [7, 11) is 4.66. The standard InChI is InChI=1S/C20H42NO/c1-7-8-9-10-11-14-21(5,6)16-22-20-15-18(4)12-13-19(20)17(2)3/h17-20H,7-16H2,1-6H3/q+1/t18-,19?,20?/m1/s1. The number of rotatable bonds is 10. The molecule has 0 N–H and O–H groups in total. The molecule has 2 heteroatoms. The van der Waals surface area contributed by atoms with Gasteiger partial charge in [0.05, 0.1) is 26.7 Å². The van der Waals surface area contributed by atoms with Crippen LogP contribution in [0.25, 0.3) is 0 Å². The third kappa shape index (κ3) is 7.46. The molecule has 2 unspecified atom stereocenters.